The molecule has 1 aromatic carbocycles. The summed E-state index contributed by atoms with van der Waals surface area (Å²) in [4.78, 5) is 19.4. The van der Waals surface area contributed by atoms with Gasteiger partial charge in [0, 0.05) is 24.1 Å². The van der Waals surface area contributed by atoms with Crippen molar-refractivity contribution in [1.29, 1.82) is 0 Å². The van der Waals surface area contributed by atoms with E-state index in [0.29, 0.717) is 37.6 Å². The third kappa shape index (κ3) is 3.44. The lowest BCUT2D eigenvalue weighted by Gasteiger charge is -2.34. The molecule has 5 rings (SSSR count). The molecular formula is C23H27ClN4O3. The second kappa shape index (κ2) is 7.64. The van der Waals surface area contributed by atoms with Gasteiger partial charge in [-0.1, -0.05) is 12.1 Å². The van der Waals surface area contributed by atoms with Gasteiger partial charge in [-0.05, 0) is 32.9 Å². The van der Waals surface area contributed by atoms with E-state index in [1.165, 1.54) is 0 Å². The fraction of sp³-hybridized carbons (Fsp3) is 0.522. The van der Waals surface area contributed by atoms with E-state index in [1.54, 1.807) is 0 Å². The van der Waals surface area contributed by atoms with Crippen LogP contribution in [0.15, 0.2) is 29.3 Å². The van der Waals surface area contributed by atoms with Crippen molar-refractivity contribution in [2.45, 2.75) is 63.7 Å². The summed E-state index contributed by atoms with van der Waals surface area (Å²) in [5.74, 6) is 1.40. The Morgan fingerprint density at radius 3 is 2.77 bits per heavy atom. The molecule has 0 radical (unpaired) electrons. The number of ether oxygens (including phenoxy) is 2. The maximum Gasteiger partial charge on any atom is 0.258 e. The highest BCUT2D eigenvalue weighted by Gasteiger charge is 2.42. The van der Waals surface area contributed by atoms with E-state index < -0.39 is 4.87 Å². The number of benzene rings is 1. The normalized spacial score (nSPS) is 25.7. The van der Waals surface area contributed by atoms with E-state index in [2.05, 4.69) is 6.92 Å². The number of hydrogen-bond acceptors (Lipinski definition) is 5. The van der Waals surface area contributed by atoms with Crippen LogP contribution in [0, 0.1) is 0 Å². The molecule has 4 heterocycles. The molecule has 7 nitrogen and oxygen atoms in total. The van der Waals surface area contributed by atoms with E-state index in [-0.39, 0.29) is 18.1 Å². The predicted molar refractivity (Wildman–Crippen MR) is 118 cm³/mol. The van der Waals surface area contributed by atoms with Gasteiger partial charge in [-0.3, -0.25) is 4.79 Å². The molecule has 1 aromatic heterocycles. The number of rotatable bonds is 3. The Kier molecular flexibility index (Phi) is 5.06. The first-order valence-corrected chi connectivity index (χ1v) is 11.2. The van der Waals surface area contributed by atoms with Gasteiger partial charge in [-0.15, -0.1) is 11.6 Å². The monoisotopic (exact) mass is 442 g/mol. The van der Waals surface area contributed by atoms with Crippen molar-refractivity contribution in [3.8, 4) is 5.75 Å². The van der Waals surface area contributed by atoms with Gasteiger partial charge in [-0.2, -0.15) is 5.10 Å². The molecule has 164 valence electrons. The van der Waals surface area contributed by atoms with Gasteiger partial charge in [0.1, 0.15) is 16.7 Å². The van der Waals surface area contributed by atoms with Crippen molar-refractivity contribution in [1.82, 2.24) is 14.7 Å². The molecule has 31 heavy (non-hydrogen) atoms. The fourth-order valence-electron chi connectivity index (χ4n) is 4.44. The third-order valence-electron chi connectivity index (χ3n) is 6.75. The minimum absolute atomic E-state index is 0.00924. The molecule has 3 aliphatic heterocycles. The number of nitrogens with zero attached hydrogens (tertiary/aromatic N) is 4. The standard InChI is InChI=1S/C23H27ClN4O3/c1-14-23(3,24)15(2)28-21(25-14)18-12-27(13-19(18)26-28)22(29)17-6-4-5-7-20(17)31-16-8-10-30-11-9-16/h4-7,15-16H,8-13H2,1-3H3. The van der Waals surface area contributed by atoms with E-state index in [9.17, 15) is 4.79 Å². The number of amides is 1. The maximum atomic E-state index is 13.4. The molecule has 0 bridgehead atoms. The van der Waals surface area contributed by atoms with Crippen LogP contribution in [-0.4, -0.2) is 50.5 Å². The highest BCUT2D eigenvalue weighted by Crippen LogP contribution is 2.43. The maximum absolute atomic E-state index is 13.4. The number of hydrogen-bond donors (Lipinski definition) is 0. The van der Waals surface area contributed by atoms with Gasteiger partial charge in [0.25, 0.3) is 5.91 Å². The highest BCUT2D eigenvalue weighted by atomic mass is 35.5. The number of carbonyl (C=O) groups is 1. The zero-order valence-corrected chi connectivity index (χ0v) is 18.9. The van der Waals surface area contributed by atoms with Gasteiger partial charge in [0.2, 0.25) is 0 Å². The number of para-hydroxylation sites is 1. The van der Waals surface area contributed by atoms with Crippen LogP contribution in [0.25, 0.3) is 0 Å². The molecule has 1 saturated heterocycles. The Hall–Kier alpha value is -2.38. The highest BCUT2D eigenvalue weighted by molar-refractivity contribution is 6.36. The van der Waals surface area contributed by atoms with Crippen LogP contribution >= 0.6 is 11.6 Å². The Bertz CT molecular complexity index is 1060. The Morgan fingerprint density at radius 2 is 2.00 bits per heavy atom. The van der Waals surface area contributed by atoms with Gasteiger partial charge in [-0.25, -0.2) is 9.67 Å². The summed E-state index contributed by atoms with van der Waals surface area (Å²) in [6, 6.07) is 7.48. The summed E-state index contributed by atoms with van der Waals surface area (Å²) in [6.07, 6.45) is 1.75. The molecule has 3 aliphatic rings. The number of halogens is 1. The average molecular weight is 443 g/mol. The molecule has 1 fully saturated rings. The first-order valence-electron chi connectivity index (χ1n) is 10.8. The summed E-state index contributed by atoms with van der Waals surface area (Å²) in [5, 5.41) is 4.77. The third-order valence-corrected chi connectivity index (χ3v) is 7.34. The number of alkyl halides is 1. The zero-order chi connectivity index (χ0) is 21.8. The minimum atomic E-state index is -0.567. The molecule has 8 heteroatoms. The molecule has 0 spiro atoms. The van der Waals surface area contributed by atoms with Crippen LogP contribution in [0.1, 0.15) is 61.3 Å². The molecule has 1 amide bonds. The van der Waals surface area contributed by atoms with Crippen LogP contribution in [0.2, 0.25) is 0 Å². The van der Waals surface area contributed by atoms with E-state index in [0.717, 1.165) is 35.6 Å². The van der Waals surface area contributed by atoms with Crippen molar-refractivity contribution in [3.63, 3.8) is 0 Å². The van der Waals surface area contributed by atoms with Crippen LogP contribution < -0.4 is 4.74 Å². The summed E-state index contributed by atoms with van der Waals surface area (Å²) in [6.45, 7) is 8.31. The summed E-state index contributed by atoms with van der Waals surface area (Å²) < 4.78 is 13.5. The van der Waals surface area contributed by atoms with E-state index in [4.69, 9.17) is 31.2 Å². The number of aromatic nitrogens is 2. The summed E-state index contributed by atoms with van der Waals surface area (Å²) in [5.41, 5.74) is 3.36. The van der Waals surface area contributed by atoms with Crippen molar-refractivity contribution >= 4 is 29.0 Å². The van der Waals surface area contributed by atoms with E-state index >= 15 is 0 Å². The van der Waals surface area contributed by atoms with Crippen molar-refractivity contribution < 1.29 is 14.3 Å². The van der Waals surface area contributed by atoms with Gasteiger partial charge in [0.05, 0.1) is 43.6 Å². The summed E-state index contributed by atoms with van der Waals surface area (Å²) >= 11 is 6.70. The molecule has 2 atom stereocenters. The number of carbonyl (C=O) groups excluding carboxylic acids is 1. The smallest absolute Gasteiger partial charge is 0.258 e. The van der Waals surface area contributed by atoms with Crippen molar-refractivity contribution in [3.05, 3.63) is 41.1 Å². The Balaban J connectivity index is 1.38. The number of fused-ring (bicyclic) bond motifs is 3. The lowest BCUT2D eigenvalue weighted by molar-refractivity contribution is 0.0249. The molecule has 0 N–H and O–H groups in total. The van der Waals surface area contributed by atoms with Crippen LogP contribution in [-0.2, 0) is 17.8 Å². The van der Waals surface area contributed by atoms with Gasteiger partial charge in [0.15, 0.2) is 5.82 Å². The lowest BCUT2D eigenvalue weighted by Crippen LogP contribution is -2.39. The first-order chi connectivity index (χ1) is 14.9. The topological polar surface area (TPSA) is 69.0 Å². The Morgan fingerprint density at radius 1 is 1.26 bits per heavy atom. The average Bonchev–Trinajstić information content (AvgIpc) is 3.32. The molecule has 0 saturated carbocycles. The second-order valence-electron chi connectivity index (χ2n) is 8.73. The lowest BCUT2D eigenvalue weighted by atomic mass is 9.96. The van der Waals surface area contributed by atoms with Crippen LogP contribution in [0.3, 0.4) is 0 Å². The van der Waals surface area contributed by atoms with Crippen molar-refractivity contribution in [2.75, 3.05) is 13.2 Å². The van der Waals surface area contributed by atoms with E-state index in [1.807, 2.05) is 47.7 Å². The molecule has 0 aliphatic carbocycles. The minimum Gasteiger partial charge on any atom is -0.489 e. The number of aliphatic imine (C=N–C) groups is 1. The predicted octanol–water partition coefficient (Wildman–Crippen LogP) is 4.26. The second-order valence-corrected chi connectivity index (χ2v) is 9.51. The molecule has 2 unspecified atom stereocenters. The Labute approximate surface area is 187 Å². The SMILES string of the molecule is CC1=Nc2c3c(nn2C(C)C1(C)Cl)CN(C(=O)c1ccccc1OC1CCOCC1)C3. The van der Waals surface area contributed by atoms with Crippen LogP contribution in [0.4, 0.5) is 5.82 Å². The molecular weight excluding hydrogens is 416 g/mol. The quantitative estimate of drug-likeness (QED) is 0.666. The van der Waals surface area contributed by atoms with Crippen LogP contribution in [0.5, 0.6) is 5.75 Å². The largest absolute Gasteiger partial charge is 0.489 e. The molecule has 2 aromatic rings. The van der Waals surface area contributed by atoms with Crippen molar-refractivity contribution in [2.24, 2.45) is 4.99 Å². The van der Waals surface area contributed by atoms with Gasteiger partial charge >= 0.3 is 0 Å². The summed E-state index contributed by atoms with van der Waals surface area (Å²) in [7, 11) is 0. The zero-order valence-electron chi connectivity index (χ0n) is 18.1. The first kappa shape index (κ1) is 20.5. The van der Waals surface area contributed by atoms with Gasteiger partial charge < -0.3 is 14.4 Å². The fourth-order valence-corrected chi connectivity index (χ4v) is 4.58.